The van der Waals surface area contributed by atoms with Crippen LogP contribution in [0.15, 0.2) is 54.7 Å². The van der Waals surface area contributed by atoms with Crippen LogP contribution in [-0.4, -0.2) is 48.1 Å². The zero-order chi connectivity index (χ0) is 17.6. The van der Waals surface area contributed by atoms with Crippen molar-refractivity contribution in [3.63, 3.8) is 0 Å². The van der Waals surface area contributed by atoms with Crippen molar-refractivity contribution >= 4 is 10.9 Å². The van der Waals surface area contributed by atoms with Gasteiger partial charge in [-0.15, -0.1) is 0 Å². The lowest BCUT2D eigenvalue weighted by atomic mass is 9.90. The van der Waals surface area contributed by atoms with Crippen LogP contribution >= 0.6 is 0 Å². The van der Waals surface area contributed by atoms with Crippen LogP contribution in [0.2, 0.25) is 0 Å². The summed E-state index contributed by atoms with van der Waals surface area (Å²) in [5.41, 5.74) is 3.47. The number of hydrogen-bond donors (Lipinski definition) is 4. The number of rotatable bonds is 8. The predicted molar refractivity (Wildman–Crippen MR) is 99.1 cm³/mol. The van der Waals surface area contributed by atoms with Crippen molar-refractivity contribution in [3.8, 4) is 5.75 Å². The number of H-pyrrole nitrogens is 1. The number of hydrogen-bond acceptors (Lipinski definition) is 4. The highest BCUT2D eigenvalue weighted by atomic mass is 16.5. The summed E-state index contributed by atoms with van der Waals surface area (Å²) >= 11 is 0. The summed E-state index contributed by atoms with van der Waals surface area (Å²) in [6.45, 7) is 0.768. The highest BCUT2D eigenvalue weighted by molar-refractivity contribution is 5.84. The monoisotopic (exact) mass is 340 g/mol. The molecule has 0 aliphatic heterocycles. The first-order chi connectivity index (χ1) is 12.2. The molecule has 5 heteroatoms. The van der Waals surface area contributed by atoms with Gasteiger partial charge in [-0.05, 0) is 29.3 Å². The lowest BCUT2D eigenvalue weighted by Crippen LogP contribution is -2.32. The molecular weight excluding hydrogens is 316 g/mol. The van der Waals surface area contributed by atoms with Gasteiger partial charge in [0, 0.05) is 36.1 Å². The molecule has 3 rings (SSSR count). The molecule has 2 atom stereocenters. The van der Waals surface area contributed by atoms with Crippen molar-refractivity contribution in [2.45, 2.75) is 12.0 Å². The van der Waals surface area contributed by atoms with E-state index in [2.05, 4.69) is 34.6 Å². The van der Waals surface area contributed by atoms with E-state index in [-0.39, 0.29) is 12.5 Å². The van der Waals surface area contributed by atoms with Crippen LogP contribution in [0, 0.1) is 0 Å². The number of benzene rings is 2. The van der Waals surface area contributed by atoms with Crippen molar-refractivity contribution in [2.75, 3.05) is 26.8 Å². The van der Waals surface area contributed by atoms with Gasteiger partial charge in [0.25, 0.3) is 0 Å². The molecule has 0 aliphatic carbocycles. The van der Waals surface area contributed by atoms with Gasteiger partial charge in [-0.25, -0.2) is 0 Å². The van der Waals surface area contributed by atoms with Crippen molar-refractivity contribution in [1.82, 2.24) is 10.3 Å². The summed E-state index contributed by atoms with van der Waals surface area (Å²) in [4.78, 5) is 3.33. The van der Waals surface area contributed by atoms with Gasteiger partial charge in [0.05, 0.1) is 19.8 Å². The number of aromatic nitrogens is 1. The molecule has 0 unspecified atom stereocenters. The van der Waals surface area contributed by atoms with Gasteiger partial charge in [0.2, 0.25) is 0 Å². The number of aliphatic hydroxyl groups excluding tert-OH is 2. The van der Waals surface area contributed by atoms with E-state index in [4.69, 9.17) is 9.84 Å². The predicted octanol–water partition coefficient (Wildman–Crippen LogP) is 2.25. The molecule has 0 fully saturated rings. The van der Waals surface area contributed by atoms with Crippen LogP contribution in [0.1, 0.15) is 17.0 Å². The van der Waals surface area contributed by atoms with Gasteiger partial charge in [0.1, 0.15) is 5.75 Å². The van der Waals surface area contributed by atoms with Gasteiger partial charge < -0.3 is 25.3 Å². The Hall–Kier alpha value is -2.34. The Labute approximate surface area is 147 Å². The normalized spacial score (nSPS) is 13.7. The van der Waals surface area contributed by atoms with Crippen LogP contribution in [0.25, 0.3) is 10.9 Å². The largest absolute Gasteiger partial charge is 0.497 e. The highest BCUT2D eigenvalue weighted by Crippen LogP contribution is 2.31. The van der Waals surface area contributed by atoms with Gasteiger partial charge >= 0.3 is 0 Å². The fourth-order valence-corrected chi connectivity index (χ4v) is 3.08. The van der Waals surface area contributed by atoms with Crippen LogP contribution in [0.5, 0.6) is 5.75 Å². The van der Waals surface area contributed by atoms with E-state index in [0.717, 1.165) is 16.8 Å². The summed E-state index contributed by atoms with van der Waals surface area (Å²) < 4.78 is 5.25. The molecule has 0 spiro atoms. The fourth-order valence-electron chi connectivity index (χ4n) is 3.08. The van der Waals surface area contributed by atoms with E-state index in [1.54, 1.807) is 7.11 Å². The molecular formula is C20H24N2O3. The quantitative estimate of drug-likeness (QED) is 0.507. The number of aromatic amines is 1. The molecule has 1 heterocycles. The smallest absolute Gasteiger partial charge is 0.118 e. The molecule has 1 aromatic heterocycles. The third-order valence-corrected chi connectivity index (χ3v) is 4.45. The minimum atomic E-state index is -0.750. The molecule has 25 heavy (non-hydrogen) atoms. The summed E-state index contributed by atoms with van der Waals surface area (Å²) in [6.07, 6.45) is 1.29. The van der Waals surface area contributed by atoms with E-state index in [9.17, 15) is 5.11 Å². The van der Waals surface area contributed by atoms with Crippen molar-refractivity contribution < 1.29 is 14.9 Å². The van der Waals surface area contributed by atoms with E-state index in [1.807, 2.05) is 30.5 Å². The van der Waals surface area contributed by atoms with Crippen LogP contribution in [0.3, 0.4) is 0 Å². The Bertz CT molecular complexity index is 798. The SMILES string of the molecule is COc1ccc([C@H](CNC[C@H](O)CO)c2c[nH]c3ccccc23)cc1. The Morgan fingerprint density at radius 2 is 1.84 bits per heavy atom. The van der Waals surface area contributed by atoms with Crippen molar-refractivity contribution in [1.29, 1.82) is 0 Å². The summed E-state index contributed by atoms with van der Waals surface area (Å²) in [5.74, 6) is 0.943. The maximum Gasteiger partial charge on any atom is 0.118 e. The first-order valence-corrected chi connectivity index (χ1v) is 8.42. The first-order valence-electron chi connectivity index (χ1n) is 8.42. The third-order valence-electron chi connectivity index (χ3n) is 4.45. The molecule has 2 aromatic carbocycles. The number of methoxy groups -OCH3 is 1. The summed E-state index contributed by atoms with van der Waals surface area (Å²) in [7, 11) is 1.66. The molecule has 3 aromatic rings. The Morgan fingerprint density at radius 1 is 1.08 bits per heavy atom. The molecule has 0 saturated heterocycles. The van der Waals surface area contributed by atoms with Gasteiger partial charge in [0.15, 0.2) is 0 Å². The molecule has 0 saturated carbocycles. The zero-order valence-electron chi connectivity index (χ0n) is 14.3. The molecule has 0 bridgehead atoms. The highest BCUT2D eigenvalue weighted by Gasteiger charge is 2.18. The average molecular weight is 340 g/mol. The lowest BCUT2D eigenvalue weighted by molar-refractivity contribution is 0.0944. The number of para-hydroxylation sites is 1. The van der Waals surface area contributed by atoms with Crippen LogP contribution < -0.4 is 10.1 Å². The van der Waals surface area contributed by atoms with Gasteiger partial charge in [-0.1, -0.05) is 30.3 Å². The second-order valence-electron chi connectivity index (χ2n) is 6.11. The molecule has 132 valence electrons. The van der Waals surface area contributed by atoms with E-state index in [0.29, 0.717) is 13.1 Å². The number of fused-ring (bicyclic) bond motifs is 1. The lowest BCUT2D eigenvalue weighted by Gasteiger charge is -2.19. The molecule has 0 radical (unpaired) electrons. The molecule has 5 nitrogen and oxygen atoms in total. The fraction of sp³-hybridized carbons (Fsp3) is 0.300. The average Bonchev–Trinajstić information content (AvgIpc) is 3.09. The summed E-state index contributed by atoms with van der Waals surface area (Å²) in [6, 6.07) is 16.3. The zero-order valence-corrected chi connectivity index (χ0v) is 14.3. The minimum Gasteiger partial charge on any atom is -0.497 e. The van der Waals surface area contributed by atoms with E-state index in [1.165, 1.54) is 10.9 Å². The molecule has 0 amide bonds. The Balaban J connectivity index is 1.90. The third kappa shape index (κ3) is 4.02. The molecule has 0 aliphatic rings. The second kappa shape index (κ2) is 8.16. The molecule has 4 N–H and O–H groups in total. The minimum absolute atomic E-state index is 0.118. The van der Waals surface area contributed by atoms with Gasteiger partial charge in [-0.3, -0.25) is 0 Å². The van der Waals surface area contributed by atoms with Crippen LogP contribution in [-0.2, 0) is 0 Å². The van der Waals surface area contributed by atoms with Crippen LogP contribution in [0.4, 0.5) is 0 Å². The Morgan fingerprint density at radius 3 is 2.56 bits per heavy atom. The number of aliphatic hydroxyl groups is 2. The van der Waals surface area contributed by atoms with Crippen molar-refractivity contribution in [2.24, 2.45) is 0 Å². The Kier molecular flexibility index (Phi) is 5.71. The standard InChI is InChI=1S/C20H24N2O3/c1-25-16-8-6-14(7-9-16)18(11-21-10-15(24)13-23)19-12-22-20-5-3-2-4-17(19)20/h2-9,12,15,18,21-24H,10-11,13H2,1H3/t15-,18-/m0/s1. The topological polar surface area (TPSA) is 77.5 Å². The second-order valence-corrected chi connectivity index (χ2v) is 6.11. The van der Waals surface area contributed by atoms with Gasteiger partial charge in [-0.2, -0.15) is 0 Å². The number of ether oxygens (including phenoxy) is 1. The maximum absolute atomic E-state index is 9.58. The first kappa shape index (κ1) is 17.5. The summed E-state index contributed by atoms with van der Waals surface area (Å²) in [5, 5.41) is 23.0. The van der Waals surface area contributed by atoms with Crippen molar-refractivity contribution in [3.05, 3.63) is 65.9 Å². The maximum atomic E-state index is 9.58. The van der Waals surface area contributed by atoms with E-state index < -0.39 is 6.10 Å². The van der Waals surface area contributed by atoms with E-state index >= 15 is 0 Å². The number of nitrogens with one attached hydrogen (secondary N) is 2.